The molecule has 1 aliphatic heterocycles. The number of hydrogen-bond donors (Lipinski definition) is 1. The number of carbonyl (C=O) groups is 2. The Morgan fingerprint density at radius 3 is 2.57 bits per heavy atom. The Labute approximate surface area is 161 Å². The van der Waals surface area contributed by atoms with E-state index in [0.29, 0.717) is 24.3 Å². The fourth-order valence-corrected chi connectivity index (χ4v) is 3.05. The third-order valence-electron chi connectivity index (χ3n) is 4.42. The van der Waals surface area contributed by atoms with Crippen LogP contribution in [0.25, 0.3) is 0 Å². The lowest BCUT2D eigenvalue weighted by Crippen LogP contribution is -2.32. The average Bonchev–Trinajstić information content (AvgIpc) is 3.09. The molecular weight excluding hydrogens is 368 g/mol. The van der Waals surface area contributed by atoms with E-state index in [2.05, 4.69) is 10.1 Å². The number of hydrogen-bond acceptors (Lipinski definition) is 3. The van der Waals surface area contributed by atoms with Crippen molar-refractivity contribution >= 4 is 23.3 Å². The maximum absolute atomic E-state index is 12.6. The molecule has 1 heterocycles. The smallest absolute Gasteiger partial charge is 0.387 e. The number of rotatable bonds is 6. The predicted molar refractivity (Wildman–Crippen MR) is 102 cm³/mol. The van der Waals surface area contributed by atoms with Gasteiger partial charge in [0.05, 0.1) is 11.4 Å². The standard InChI is InChI=1S/C20H21F2N3O3/c1-24(13-14-8-10-15(11-9-14)28-19(21)22)20(27)23-16-5-2-3-6-17(16)25-12-4-7-18(25)26/h2-3,5-6,8-11,19H,4,7,12-13H2,1H3,(H,23,27). The number of halogens is 2. The highest BCUT2D eigenvalue weighted by Gasteiger charge is 2.24. The van der Waals surface area contributed by atoms with Gasteiger partial charge >= 0.3 is 12.6 Å². The second kappa shape index (κ2) is 8.69. The van der Waals surface area contributed by atoms with Gasteiger partial charge in [-0.3, -0.25) is 4.79 Å². The van der Waals surface area contributed by atoms with E-state index in [9.17, 15) is 18.4 Å². The molecule has 0 unspecified atom stereocenters. The van der Waals surface area contributed by atoms with E-state index in [4.69, 9.17) is 0 Å². The number of para-hydroxylation sites is 2. The maximum Gasteiger partial charge on any atom is 0.387 e. The summed E-state index contributed by atoms with van der Waals surface area (Å²) in [6.45, 7) is -1.96. The van der Waals surface area contributed by atoms with E-state index in [1.807, 2.05) is 6.07 Å². The summed E-state index contributed by atoms with van der Waals surface area (Å²) >= 11 is 0. The summed E-state index contributed by atoms with van der Waals surface area (Å²) < 4.78 is 28.7. The van der Waals surface area contributed by atoms with Crippen molar-refractivity contribution in [1.82, 2.24) is 4.90 Å². The van der Waals surface area contributed by atoms with Crippen molar-refractivity contribution in [3.05, 3.63) is 54.1 Å². The molecule has 1 saturated heterocycles. The first-order chi connectivity index (χ1) is 13.4. The highest BCUT2D eigenvalue weighted by Crippen LogP contribution is 2.29. The van der Waals surface area contributed by atoms with Gasteiger partial charge in [0.15, 0.2) is 0 Å². The van der Waals surface area contributed by atoms with Crippen LogP contribution in [0.15, 0.2) is 48.5 Å². The van der Waals surface area contributed by atoms with Crippen molar-refractivity contribution in [2.45, 2.75) is 26.0 Å². The second-order valence-electron chi connectivity index (χ2n) is 6.47. The number of anilines is 2. The number of nitrogens with one attached hydrogen (secondary N) is 1. The molecule has 148 valence electrons. The molecule has 3 amide bonds. The second-order valence-corrected chi connectivity index (χ2v) is 6.47. The zero-order valence-corrected chi connectivity index (χ0v) is 15.4. The number of benzene rings is 2. The largest absolute Gasteiger partial charge is 0.435 e. The van der Waals surface area contributed by atoms with Crippen molar-refractivity contribution < 1.29 is 23.1 Å². The van der Waals surface area contributed by atoms with E-state index >= 15 is 0 Å². The van der Waals surface area contributed by atoms with Gasteiger partial charge in [0.1, 0.15) is 5.75 Å². The molecule has 1 N–H and O–H groups in total. The molecule has 0 saturated carbocycles. The number of urea groups is 1. The molecule has 2 aromatic rings. The third-order valence-corrected chi connectivity index (χ3v) is 4.42. The number of carbonyl (C=O) groups excluding carboxylic acids is 2. The van der Waals surface area contributed by atoms with E-state index in [0.717, 1.165) is 12.0 Å². The number of nitrogens with zero attached hydrogens (tertiary/aromatic N) is 2. The summed E-state index contributed by atoms with van der Waals surface area (Å²) in [4.78, 5) is 27.7. The Morgan fingerprint density at radius 1 is 1.21 bits per heavy atom. The van der Waals surface area contributed by atoms with Crippen molar-refractivity contribution in [2.24, 2.45) is 0 Å². The van der Waals surface area contributed by atoms with E-state index in [1.165, 1.54) is 17.0 Å². The normalized spacial score (nSPS) is 13.7. The lowest BCUT2D eigenvalue weighted by Gasteiger charge is -2.23. The van der Waals surface area contributed by atoms with Crippen molar-refractivity contribution in [3.8, 4) is 5.75 Å². The maximum atomic E-state index is 12.6. The fourth-order valence-electron chi connectivity index (χ4n) is 3.05. The molecule has 3 rings (SSSR count). The Morgan fingerprint density at radius 2 is 1.93 bits per heavy atom. The van der Waals surface area contributed by atoms with Gasteiger partial charge in [0.25, 0.3) is 0 Å². The van der Waals surface area contributed by atoms with Crippen LogP contribution < -0.4 is 15.0 Å². The molecule has 1 aliphatic rings. The summed E-state index contributed by atoms with van der Waals surface area (Å²) in [6, 6.07) is 12.9. The average molecular weight is 389 g/mol. The van der Waals surface area contributed by atoms with Crippen molar-refractivity contribution in [3.63, 3.8) is 0 Å². The van der Waals surface area contributed by atoms with Gasteiger partial charge in [0, 0.05) is 26.6 Å². The van der Waals surface area contributed by atoms with Crippen LogP contribution in [0.4, 0.5) is 25.0 Å². The van der Waals surface area contributed by atoms with Crippen LogP contribution in [-0.2, 0) is 11.3 Å². The molecule has 0 aromatic heterocycles. The Balaban J connectivity index is 1.64. The summed E-state index contributed by atoms with van der Waals surface area (Å²) in [7, 11) is 1.63. The molecule has 2 aromatic carbocycles. The van der Waals surface area contributed by atoms with Gasteiger partial charge < -0.3 is 19.9 Å². The van der Waals surface area contributed by atoms with E-state index in [-0.39, 0.29) is 24.2 Å². The molecule has 0 spiro atoms. The molecule has 0 atom stereocenters. The van der Waals surface area contributed by atoms with Gasteiger partial charge in [-0.25, -0.2) is 4.79 Å². The summed E-state index contributed by atoms with van der Waals surface area (Å²) in [5.74, 6) is 0.108. The number of amides is 3. The van der Waals surface area contributed by atoms with Gasteiger partial charge in [0.2, 0.25) is 5.91 Å². The van der Waals surface area contributed by atoms with Crippen molar-refractivity contribution in [2.75, 3.05) is 23.8 Å². The van der Waals surface area contributed by atoms with Gasteiger partial charge in [-0.1, -0.05) is 24.3 Å². The van der Waals surface area contributed by atoms with Gasteiger partial charge in [-0.05, 0) is 36.2 Å². The molecule has 8 heteroatoms. The van der Waals surface area contributed by atoms with Crippen LogP contribution >= 0.6 is 0 Å². The molecule has 0 radical (unpaired) electrons. The minimum Gasteiger partial charge on any atom is -0.435 e. The fraction of sp³-hybridized carbons (Fsp3) is 0.300. The van der Waals surface area contributed by atoms with Gasteiger partial charge in [-0.2, -0.15) is 8.78 Å². The third kappa shape index (κ3) is 4.76. The highest BCUT2D eigenvalue weighted by molar-refractivity contribution is 6.01. The quantitative estimate of drug-likeness (QED) is 0.810. The van der Waals surface area contributed by atoms with Crippen LogP contribution in [0.5, 0.6) is 5.75 Å². The molecule has 0 bridgehead atoms. The molecular formula is C20H21F2N3O3. The Kier molecular flexibility index (Phi) is 6.08. The van der Waals surface area contributed by atoms with E-state index < -0.39 is 6.61 Å². The van der Waals surface area contributed by atoms with Crippen LogP contribution in [0.3, 0.4) is 0 Å². The lowest BCUT2D eigenvalue weighted by molar-refractivity contribution is -0.117. The zero-order chi connectivity index (χ0) is 20.1. The zero-order valence-electron chi connectivity index (χ0n) is 15.4. The minimum absolute atomic E-state index is 0.0427. The topological polar surface area (TPSA) is 61.9 Å². The van der Waals surface area contributed by atoms with Crippen LogP contribution in [0.2, 0.25) is 0 Å². The first-order valence-electron chi connectivity index (χ1n) is 8.89. The van der Waals surface area contributed by atoms with Crippen molar-refractivity contribution in [1.29, 1.82) is 0 Å². The molecule has 6 nitrogen and oxygen atoms in total. The summed E-state index contributed by atoms with van der Waals surface area (Å²) in [5.41, 5.74) is 2.01. The first-order valence-corrected chi connectivity index (χ1v) is 8.89. The monoisotopic (exact) mass is 389 g/mol. The van der Waals surface area contributed by atoms with Gasteiger partial charge in [-0.15, -0.1) is 0 Å². The highest BCUT2D eigenvalue weighted by atomic mass is 19.3. The molecule has 1 fully saturated rings. The Hall–Kier alpha value is -3.16. The summed E-state index contributed by atoms with van der Waals surface area (Å²) in [5, 5.41) is 2.83. The van der Waals surface area contributed by atoms with E-state index in [1.54, 1.807) is 42.3 Å². The number of ether oxygens (including phenoxy) is 1. The Bertz CT molecular complexity index is 843. The SMILES string of the molecule is CN(Cc1ccc(OC(F)F)cc1)C(=O)Nc1ccccc1N1CCCC1=O. The first kappa shape index (κ1) is 19.6. The van der Waals surface area contributed by atoms with Crippen LogP contribution in [0, 0.1) is 0 Å². The molecule has 28 heavy (non-hydrogen) atoms. The minimum atomic E-state index is -2.87. The van der Waals surface area contributed by atoms with Crippen LogP contribution in [-0.4, -0.2) is 37.0 Å². The van der Waals surface area contributed by atoms with Crippen LogP contribution in [0.1, 0.15) is 18.4 Å². The lowest BCUT2D eigenvalue weighted by atomic mass is 10.2. The number of alkyl halides is 2. The molecule has 0 aliphatic carbocycles. The predicted octanol–water partition coefficient (Wildman–Crippen LogP) is 4.08. The summed E-state index contributed by atoms with van der Waals surface area (Å²) in [6.07, 6.45) is 1.31.